The number of ether oxygens (including phenoxy) is 3. The highest BCUT2D eigenvalue weighted by molar-refractivity contribution is 7.22. The molecule has 4 heterocycles. The molecule has 0 spiro atoms. The Hall–Kier alpha value is -5.43. The first kappa shape index (κ1) is 35.6. The molecule has 8 rings (SSSR count). The molecule has 2 N–H and O–H groups in total. The summed E-state index contributed by atoms with van der Waals surface area (Å²) in [6, 6.07) is 26.3. The number of rotatable bonds is 12. The number of piperazine rings is 1. The fourth-order valence-corrected chi connectivity index (χ4v) is 8.45. The van der Waals surface area contributed by atoms with Gasteiger partial charge in [0.1, 0.15) is 42.3 Å². The average molecular weight is 747 g/mol. The van der Waals surface area contributed by atoms with Crippen molar-refractivity contribution in [2.24, 2.45) is 0 Å². The van der Waals surface area contributed by atoms with E-state index in [2.05, 4.69) is 46.3 Å². The maximum atomic E-state index is 13.1. The van der Waals surface area contributed by atoms with Gasteiger partial charge in [0.25, 0.3) is 5.91 Å². The summed E-state index contributed by atoms with van der Waals surface area (Å²) in [5, 5.41) is 13.4. The van der Waals surface area contributed by atoms with E-state index in [1.165, 1.54) is 5.56 Å². The van der Waals surface area contributed by atoms with Crippen molar-refractivity contribution >= 4 is 39.1 Å². The van der Waals surface area contributed by atoms with E-state index in [4.69, 9.17) is 14.2 Å². The molecule has 5 aromatic rings. The zero-order valence-electron chi connectivity index (χ0n) is 30.1. The number of aryl methyl sites for hydroxylation is 1. The number of amides is 3. The minimum absolute atomic E-state index is 0.199. The molecule has 0 aliphatic carbocycles. The van der Waals surface area contributed by atoms with Gasteiger partial charge in [0.2, 0.25) is 11.8 Å². The maximum Gasteiger partial charge on any atom is 0.255 e. The van der Waals surface area contributed by atoms with Crippen LogP contribution in [0.2, 0.25) is 0 Å². The lowest BCUT2D eigenvalue weighted by molar-refractivity contribution is -0.136. The average Bonchev–Trinajstić information content (AvgIpc) is 3.70. The van der Waals surface area contributed by atoms with Gasteiger partial charge in [0.15, 0.2) is 5.75 Å². The third-order valence-corrected chi connectivity index (χ3v) is 11.5. The summed E-state index contributed by atoms with van der Waals surface area (Å²) in [6.45, 7) is 8.73. The summed E-state index contributed by atoms with van der Waals surface area (Å²) in [5.74, 6) is 2.25. The third-order valence-electron chi connectivity index (χ3n) is 10.3. The van der Waals surface area contributed by atoms with Crippen LogP contribution in [-0.4, -0.2) is 96.1 Å². The van der Waals surface area contributed by atoms with Gasteiger partial charge in [-0.15, -0.1) is 11.3 Å². The number of aromatic hydroxyl groups is 1. The van der Waals surface area contributed by atoms with Gasteiger partial charge >= 0.3 is 0 Å². The summed E-state index contributed by atoms with van der Waals surface area (Å²) in [7, 11) is 0. The quantitative estimate of drug-likeness (QED) is 0.144. The van der Waals surface area contributed by atoms with Gasteiger partial charge < -0.3 is 24.2 Å². The number of hydrogen-bond donors (Lipinski definition) is 2. The number of thiophene rings is 1. The van der Waals surface area contributed by atoms with E-state index in [-0.39, 0.29) is 24.0 Å². The van der Waals surface area contributed by atoms with Gasteiger partial charge in [0, 0.05) is 66.9 Å². The van der Waals surface area contributed by atoms with Crippen LogP contribution in [0.15, 0.2) is 84.9 Å². The van der Waals surface area contributed by atoms with Gasteiger partial charge in [-0.1, -0.05) is 35.9 Å². The number of carbonyl (C=O) groups excluding carboxylic acids is 3. The molecular formula is C42H42N4O7S. The van der Waals surface area contributed by atoms with E-state index in [0.29, 0.717) is 43.2 Å². The molecule has 278 valence electrons. The van der Waals surface area contributed by atoms with Crippen molar-refractivity contribution < 1.29 is 33.7 Å². The molecule has 0 bridgehead atoms. The number of hydrogen-bond acceptors (Lipinski definition) is 10. The van der Waals surface area contributed by atoms with Crippen LogP contribution in [0.5, 0.6) is 28.7 Å². The second kappa shape index (κ2) is 15.5. The summed E-state index contributed by atoms with van der Waals surface area (Å²) in [6.07, 6.45) is 0.559. The van der Waals surface area contributed by atoms with Crippen LogP contribution in [0, 0.1) is 6.92 Å². The number of imide groups is 1. The van der Waals surface area contributed by atoms with Gasteiger partial charge in [-0.2, -0.15) is 0 Å². The van der Waals surface area contributed by atoms with Gasteiger partial charge in [-0.3, -0.25) is 29.5 Å². The van der Waals surface area contributed by atoms with Crippen LogP contribution in [0.4, 0.5) is 0 Å². The third kappa shape index (κ3) is 7.63. The number of fused-ring (bicyclic) bond motifs is 2. The van der Waals surface area contributed by atoms with Crippen LogP contribution in [0.25, 0.3) is 20.5 Å². The molecule has 1 unspecified atom stereocenters. The van der Waals surface area contributed by atoms with E-state index >= 15 is 0 Å². The summed E-state index contributed by atoms with van der Waals surface area (Å²) in [5.41, 5.74) is 3.61. The molecule has 54 heavy (non-hydrogen) atoms. The molecule has 3 amide bonds. The second-order valence-corrected chi connectivity index (χ2v) is 15.0. The normalized spacial score (nSPS) is 17.8. The number of carbonyl (C=O) groups is 3. The van der Waals surface area contributed by atoms with Crippen molar-refractivity contribution in [3.05, 3.63) is 102 Å². The topological polar surface area (TPSA) is 121 Å². The van der Waals surface area contributed by atoms with E-state index in [9.17, 15) is 19.5 Å². The summed E-state index contributed by atoms with van der Waals surface area (Å²) in [4.78, 5) is 44.5. The Bertz CT molecular complexity index is 2180. The number of nitrogens with zero attached hydrogens (tertiary/aromatic N) is 3. The van der Waals surface area contributed by atoms with Crippen LogP contribution in [-0.2, 0) is 16.1 Å². The minimum atomic E-state index is -0.646. The van der Waals surface area contributed by atoms with E-state index in [1.54, 1.807) is 34.4 Å². The maximum absolute atomic E-state index is 13.1. The largest absolute Gasteiger partial charge is 0.508 e. The highest BCUT2D eigenvalue weighted by Gasteiger charge is 2.40. The predicted molar refractivity (Wildman–Crippen MR) is 207 cm³/mol. The minimum Gasteiger partial charge on any atom is -0.508 e. The molecule has 12 heteroatoms. The lowest BCUT2D eigenvalue weighted by Gasteiger charge is -2.34. The molecule has 4 aromatic carbocycles. The first-order valence-corrected chi connectivity index (χ1v) is 19.2. The zero-order chi connectivity index (χ0) is 37.2. The Balaban J connectivity index is 0.784. The second-order valence-electron chi connectivity index (χ2n) is 13.9. The van der Waals surface area contributed by atoms with Gasteiger partial charge in [-0.05, 0) is 73.5 Å². The Morgan fingerprint density at radius 3 is 2.26 bits per heavy atom. The number of benzene rings is 4. The Morgan fingerprint density at radius 2 is 1.54 bits per heavy atom. The number of phenols is 1. The molecule has 1 atom stereocenters. The van der Waals surface area contributed by atoms with E-state index in [1.807, 2.05) is 42.5 Å². The molecule has 2 fully saturated rings. The standard InChI is InChI=1S/C42H42N4O7S/c1-27-5-7-28(8-6-27)40-39(33-14-9-29(47)25-37(33)54-40)53-31-12-10-30(11-13-31)51-23-21-44-17-19-45(20-18-44)22-24-52-36-4-2-3-32-34(36)26-46(42(32)50)35-15-16-38(48)43-41(35)49/h2-14,25,35,47H,15-24,26H2,1H3,(H,43,48,49). The molecule has 1 aromatic heterocycles. The molecular weight excluding hydrogens is 705 g/mol. The lowest BCUT2D eigenvalue weighted by atomic mass is 10.0. The number of piperidine rings is 1. The number of nitrogens with one attached hydrogen (secondary N) is 1. The van der Waals surface area contributed by atoms with Crippen LogP contribution >= 0.6 is 11.3 Å². The lowest BCUT2D eigenvalue weighted by Crippen LogP contribution is -2.52. The van der Waals surface area contributed by atoms with Crippen LogP contribution in [0.1, 0.15) is 34.3 Å². The molecule has 2 saturated heterocycles. The van der Waals surface area contributed by atoms with Gasteiger partial charge in [-0.25, -0.2) is 0 Å². The van der Waals surface area contributed by atoms with E-state index in [0.717, 1.165) is 76.9 Å². The van der Waals surface area contributed by atoms with Crippen molar-refractivity contribution in [3.8, 4) is 39.2 Å². The first-order chi connectivity index (χ1) is 26.3. The smallest absolute Gasteiger partial charge is 0.255 e. The highest BCUT2D eigenvalue weighted by atomic mass is 32.1. The Kier molecular flexibility index (Phi) is 10.2. The number of phenolic OH excluding ortho intramolecular Hbond substituents is 1. The molecule has 0 saturated carbocycles. The van der Waals surface area contributed by atoms with Crippen molar-refractivity contribution in [2.45, 2.75) is 32.4 Å². The Labute approximate surface area is 317 Å². The van der Waals surface area contributed by atoms with Crippen LogP contribution in [0.3, 0.4) is 0 Å². The van der Waals surface area contributed by atoms with Crippen molar-refractivity contribution in [3.63, 3.8) is 0 Å². The fraction of sp³-hybridized carbons (Fsp3) is 0.310. The molecule has 3 aliphatic heterocycles. The molecule has 11 nitrogen and oxygen atoms in total. The molecule has 0 radical (unpaired) electrons. The predicted octanol–water partition coefficient (Wildman–Crippen LogP) is 6.21. The van der Waals surface area contributed by atoms with Crippen LogP contribution < -0.4 is 19.5 Å². The summed E-state index contributed by atoms with van der Waals surface area (Å²) >= 11 is 1.60. The summed E-state index contributed by atoms with van der Waals surface area (Å²) < 4.78 is 19.7. The monoisotopic (exact) mass is 746 g/mol. The highest BCUT2D eigenvalue weighted by Crippen LogP contribution is 2.47. The van der Waals surface area contributed by atoms with Crippen molar-refractivity contribution in [1.82, 2.24) is 20.0 Å². The van der Waals surface area contributed by atoms with Crippen molar-refractivity contribution in [1.29, 1.82) is 0 Å². The fourth-order valence-electron chi connectivity index (χ4n) is 7.29. The van der Waals surface area contributed by atoms with Crippen molar-refractivity contribution in [2.75, 3.05) is 52.5 Å². The molecule has 3 aliphatic rings. The van der Waals surface area contributed by atoms with E-state index < -0.39 is 11.9 Å². The Morgan fingerprint density at radius 1 is 0.833 bits per heavy atom. The first-order valence-electron chi connectivity index (χ1n) is 18.4. The zero-order valence-corrected chi connectivity index (χ0v) is 30.9. The van der Waals surface area contributed by atoms with Gasteiger partial charge in [0.05, 0.1) is 11.4 Å². The SMILES string of the molecule is Cc1ccc(-c2sc3cc(O)ccc3c2Oc2ccc(OCCN3CCN(CCOc4cccc5c4CN(C4CCC(=O)NC4=O)C5=O)CC3)cc2)cc1.